The zero-order valence-corrected chi connectivity index (χ0v) is 17.1. The highest BCUT2D eigenvalue weighted by Crippen LogP contribution is 2.27. The first kappa shape index (κ1) is 19.1. The fourth-order valence-corrected chi connectivity index (χ4v) is 4.26. The summed E-state index contributed by atoms with van der Waals surface area (Å²) >= 11 is 1.44. The van der Waals surface area contributed by atoms with E-state index in [0.717, 1.165) is 20.3 Å². The van der Waals surface area contributed by atoms with Crippen LogP contribution in [0.5, 0.6) is 0 Å². The van der Waals surface area contributed by atoms with Gasteiger partial charge in [-0.1, -0.05) is 23.5 Å². The molecule has 0 fully saturated rings. The molecule has 9 nitrogen and oxygen atoms in total. The minimum Gasteiger partial charge on any atom is -0.325 e. The Labute approximate surface area is 169 Å². The first-order chi connectivity index (χ1) is 13.9. The molecule has 0 radical (unpaired) electrons. The van der Waals surface area contributed by atoms with Gasteiger partial charge in [0, 0.05) is 27.1 Å². The van der Waals surface area contributed by atoms with Crippen LogP contribution in [0.3, 0.4) is 0 Å². The van der Waals surface area contributed by atoms with Crippen molar-refractivity contribution in [2.45, 2.75) is 26.3 Å². The Kier molecular flexibility index (Phi) is 4.79. The number of carbonyl (C=O) groups is 1. The van der Waals surface area contributed by atoms with Gasteiger partial charge in [0.15, 0.2) is 16.3 Å². The highest BCUT2D eigenvalue weighted by molar-refractivity contribution is 7.22. The summed E-state index contributed by atoms with van der Waals surface area (Å²) in [6.45, 7) is 2.43. The van der Waals surface area contributed by atoms with Gasteiger partial charge in [0.25, 0.3) is 5.56 Å². The summed E-state index contributed by atoms with van der Waals surface area (Å²) in [6.07, 6.45) is 2.33. The molecule has 1 aromatic carbocycles. The molecule has 10 heteroatoms. The van der Waals surface area contributed by atoms with Gasteiger partial charge in [-0.2, -0.15) is 0 Å². The van der Waals surface area contributed by atoms with Gasteiger partial charge in [0.1, 0.15) is 0 Å². The number of imidazole rings is 1. The quantitative estimate of drug-likeness (QED) is 0.538. The maximum Gasteiger partial charge on any atom is 0.332 e. The van der Waals surface area contributed by atoms with E-state index in [1.54, 1.807) is 11.6 Å². The number of anilines is 1. The molecule has 1 amide bonds. The smallest absolute Gasteiger partial charge is 0.325 e. The second kappa shape index (κ2) is 7.28. The molecule has 29 heavy (non-hydrogen) atoms. The lowest BCUT2D eigenvalue weighted by Crippen LogP contribution is -2.37. The molecular weight excluding hydrogens is 392 g/mol. The lowest BCUT2D eigenvalue weighted by atomic mass is 10.2. The first-order valence-corrected chi connectivity index (χ1v) is 9.95. The summed E-state index contributed by atoms with van der Waals surface area (Å²) in [5.74, 6) is -0.133. The minimum absolute atomic E-state index is 0.133. The van der Waals surface area contributed by atoms with E-state index >= 15 is 0 Å². The summed E-state index contributed by atoms with van der Waals surface area (Å²) in [7, 11) is 3.02. The normalized spacial score (nSPS) is 11.4. The molecule has 0 spiro atoms. The van der Waals surface area contributed by atoms with Crippen LogP contribution in [0.2, 0.25) is 0 Å². The SMILES string of the molecule is Cc1cccc2sc(NC(=O)CCCn3cnc4c3c(=O)n(C)c(=O)n4C)nc12. The van der Waals surface area contributed by atoms with Crippen molar-refractivity contribution in [2.24, 2.45) is 14.1 Å². The average molecular weight is 412 g/mol. The number of carbonyl (C=O) groups excluding carboxylic acids is 1. The molecule has 4 aromatic rings. The highest BCUT2D eigenvalue weighted by Gasteiger charge is 2.15. The molecule has 150 valence electrons. The monoisotopic (exact) mass is 412 g/mol. The molecule has 0 saturated heterocycles. The van der Waals surface area contributed by atoms with E-state index in [0.29, 0.717) is 29.3 Å². The number of nitrogens with one attached hydrogen (secondary N) is 1. The molecule has 0 bridgehead atoms. The third-order valence-electron chi connectivity index (χ3n) is 4.89. The van der Waals surface area contributed by atoms with Gasteiger partial charge in [-0.25, -0.2) is 14.8 Å². The van der Waals surface area contributed by atoms with Crippen molar-refractivity contribution in [1.82, 2.24) is 23.7 Å². The molecule has 3 aromatic heterocycles. The molecule has 4 rings (SSSR count). The van der Waals surface area contributed by atoms with Gasteiger partial charge in [0.05, 0.1) is 16.5 Å². The standard InChI is InChI=1S/C19H20N6O3S/c1-11-6-4-7-12-14(11)22-18(29-12)21-13(26)8-5-9-25-10-20-16-15(25)17(27)24(3)19(28)23(16)2/h4,6-7,10H,5,8-9H2,1-3H3,(H,21,22,26). The summed E-state index contributed by atoms with van der Waals surface area (Å²) in [5.41, 5.74) is 1.86. The number of aromatic nitrogens is 5. The summed E-state index contributed by atoms with van der Waals surface area (Å²) in [5, 5.41) is 3.43. The second-order valence-corrected chi connectivity index (χ2v) is 7.94. The van der Waals surface area contributed by atoms with Crippen LogP contribution in [0, 0.1) is 6.92 Å². The molecule has 0 saturated carbocycles. The predicted molar refractivity (Wildman–Crippen MR) is 112 cm³/mol. The Hall–Kier alpha value is -3.27. The van der Waals surface area contributed by atoms with E-state index in [1.807, 2.05) is 25.1 Å². The molecule has 0 atom stereocenters. The molecule has 1 N–H and O–H groups in total. The third kappa shape index (κ3) is 3.35. The van der Waals surface area contributed by atoms with Crippen LogP contribution >= 0.6 is 11.3 Å². The van der Waals surface area contributed by atoms with Crippen LogP contribution in [-0.4, -0.2) is 29.6 Å². The molecule has 0 unspecified atom stereocenters. The van der Waals surface area contributed by atoms with Crippen LogP contribution in [0.15, 0.2) is 34.1 Å². The number of thiazole rings is 1. The Morgan fingerprint density at radius 1 is 1.21 bits per heavy atom. The van der Waals surface area contributed by atoms with Crippen molar-refractivity contribution in [3.05, 3.63) is 50.9 Å². The van der Waals surface area contributed by atoms with Crippen LogP contribution in [0.1, 0.15) is 18.4 Å². The third-order valence-corrected chi connectivity index (χ3v) is 5.82. The number of nitrogens with zero attached hydrogens (tertiary/aromatic N) is 5. The van der Waals surface area contributed by atoms with Crippen LogP contribution in [0.25, 0.3) is 21.4 Å². The van der Waals surface area contributed by atoms with Gasteiger partial charge in [-0.3, -0.25) is 18.7 Å². The van der Waals surface area contributed by atoms with Crippen molar-refractivity contribution in [3.63, 3.8) is 0 Å². The van der Waals surface area contributed by atoms with Crippen molar-refractivity contribution >= 4 is 43.8 Å². The van der Waals surface area contributed by atoms with E-state index in [2.05, 4.69) is 15.3 Å². The van der Waals surface area contributed by atoms with Crippen LogP contribution in [-0.2, 0) is 25.4 Å². The predicted octanol–water partition coefficient (Wildman–Crippen LogP) is 1.77. The van der Waals surface area contributed by atoms with E-state index in [9.17, 15) is 14.4 Å². The largest absolute Gasteiger partial charge is 0.332 e. The summed E-state index contributed by atoms with van der Waals surface area (Å²) < 4.78 is 5.12. The van der Waals surface area contributed by atoms with Crippen molar-refractivity contribution < 1.29 is 4.79 Å². The average Bonchev–Trinajstić information content (AvgIpc) is 3.29. The number of aryl methyl sites for hydroxylation is 3. The van der Waals surface area contributed by atoms with Crippen molar-refractivity contribution in [3.8, 4) is 0 Å². The molecule has 0 aliphatic carbocycles. The molecule has 0 aliphatic heterocycles. The second-order valence-electron chi connectivity index (χ2n) is 6.91. The van der Waals surface area contributed by atoms with Crippen LogP contribution in [0.4, 0.5) is 5.13 Å². The van der Waals surface area contributed by atoms with E-state index < -0.39 is 11.2 Å². The number of fused-ring (bicyclic) bond motifs is 2. The highest BCUT2D eigenvalue weighted by atomic mass is 32.1. The van der Waals surface area contributed by atoms with Gasteiger partial charge >= 0.3 is 5.69 Å². The number of hydrogen-bond acceptors (Lipinski definition) is 6. The maximum atomic E-state index is 12.4. The molecule has 3 heterocycles. The van der Waals surface area contributed by atoms with E-state index in [-0.39, 0.29) is 12.3 Å². The summed E-state index contributed by atoms with van der Waals surface area (Å²) in [6, 6.07) is 5.94. The fraction of sp³-hybridized carbons (Fsp3) is 0.316. The number of hydrogen-bond donors (Lipinski definition) is 1. The van der Waals surface area contributed by atoms with Crippen molar-refractivity contribution in [2.75, 3.05) is 5.32 Å². The van der Waals surface area contributed by atoms with Crippen molar-refractivity contribution in [1.29, 1.82) is 0 Å². The lowest BCUT2D eigenvalue weighted by molar-refractivity contribution is -0.116. The number of rotatable bonds is 5. The zero-order chi connectivity index (χ0) is 20.7. The Bertz CT molecular complexity index is 1360. The summed E-state index contributed by atoms with van der Waals surface area (Å²) in [4.78, 5) is 45.4. The zero-order valence-electron chi connectivity index (χ0n) is 16.3. The topological polar surface area (TPSA) is 104 Å². The number of para-hydroxylation sites is 1. The Morgan fingerprint density at radius 2 is 2.00 bits per heavy atom. The van der Waals surface area contributed by atoms with Gasteiger partial charge in [0.2, 0.25) is 5.91 Å². The number of benzene rings is 1. The molecular formula is C19H20N6O3S. The number of amides is 1. The van der Waals surface area contributed by atoms with Gasteiger partial charge in [-0.05, 0) is 25.0 Å². The minimum atomic E-state index is -0.418. The van der Waals surface area contributed by atoms with Gasteiger partial charge < -0.3 is 9.88 Å². The first-order valence-electron chi connectivity index (χ1n) is 9.13. The maximum absolute atomic E-state index is 12.4. The lowest BCUT2D eigenvalue weighted by Gasteiger charge is -2.06. The van der Waals surface area contributed by atoms with E-state index in [4.69, 9.17) is 0 Å². The Balaban J connectivity index is 1.45. The fourth-order valence-electron chi connectivity index (χ4n) is 3.30. The Morgan fingerprint density at radius 3 is 2.76 bits per heavy atom. The van der Waals surface area contributed by atoms with Gasteiger partial charge in [-0.15, -0.1) is 0 Å². The molecule has 0 aliphatic rings. The van der Waals surface area contributed by atoms with E-state index in [1.165, 1.54) is 29.3 Å². The van der Waals surface area contributed by atoms with Crippen LogP contribution < -0.4 is 16.6 Å².